The van der Waals surface area contributed by atoms with E-state index in [1.807, 2.05) is 0 Å². The van der Waals surface area contributed by atoms with Crippen molar-refractivity contribution < 1.29 is 4.84 Å². The minimum absolute atomic E-state index is 0.764. The van der Waals surface area contributed by atoms with Gasteiger partial charge in [-0.3, -0.25) is 0 Å². The number of hydrogen-bond acceptors (Lipinski definition) is 2. The molecule has 2 heteroatoms. The lowest BCUT2D eigenvalue weighted by atomic mass is 10.4. The van der Waals surface area contributed by atoms with E-state index in [0.717, 1.165) is 19.4 Å². The first-order chi connectivity index (χ1) is 3.41. The SMILES string of the molecule is [CH2]CCCONC. The first-order valence-electron chi connectivity index (χ1n) is 2.49. The molecule has 0 aliphatic heterocycles. The number of hydroxylamine groups is 1. The first-order valence-corrected chi connectivity index (χ1v) is 2.49. The number of hydrogen-bond donors (Lipinski definition) is 1. The Morgan fingerprint density at radius 2 is 2.43 bits per heavy atom. The van der Waals surface area contributed by atoms with Crippen molar-refractivity contribution in [3.63, 3.8) is 0 Å². The molecule has 43 valence electrons. The molecule has 0 fully saturated rings. The summed E-state index contributed by atoms with van der Waals surface area (Å²) in [5, 5.41) is 0. The highest BCUT2D eigenvalue weighted by Gasteiger charge is 1.78. The van der Waals surface area contributed by atoms with Crippen LogP contribution in [0.4, 0.5) is 0 Å². The van der Waals surface area contributed by atoms with Gasteiger partial charge in [0.05, 0.1) is 6.61 Å². The Labute approximate surface area is 44.8 Å². The summed E-state index contributed by atoms with van der Waals surface area (Å²) < 4.78 is 0. The van der Waals surface area contributed by atoms with Gasteiger partial charge in [-0.15, -0.1) is 0 Å². The third kappa shape index (κ3) is 5.92. The van der Waals surface area contributed by atoms with Gasteiger partial charge >= 0.3 is 0 Å². The highest BCUT2D eigenvalue weighted by atomic mass is 16.6. The maximum absolute atomic E-state index is 4.78. The average Bonchev–Trinajstić information content (AvgIpc) is 1.69. The molecule has 1 radical (unpaired) electrons. The monoisotopic (exact) mass is 102 g/mol. The van der Waals surface area contributed by atoms with E-state index in [1.165, 1.54) is 0 Å². The molecule has 7 heavy (non-hydrogen) atoms. The Hall–Kier alpha value is -0.0800. The van der Waals surface area contributed by atoms with Crippen LogP contribution in [0.3, 0.4) is 0 Å². The summed E-state index contributed by atoms with van der Waals surface area (Å²) in [6.07, 6.45) is 1.97. The van der Waals surface area contributed by atoms with Crippen molar-refractivity contribution in [2.75, 3.05) is 13.7 Å². The molecule has 0 amide bonds. The van der Waals surface area contributed by atoms with Crippen LogP contribution in [0.15, 0.2) is 0 Å². The van der Waals surface area contributed by atoms with Gasteiger partial charge in [0, 0.05) is 7.05 Å². The molecule has 0 saturated carbocycles. The van der Waals surface area contributed by atoms with Crippen LogP contribution < -0.4 is 5.48 Å². The van der Waals surface area contributed by atoms with Crippen LogP contribution in [-0.2, 0) is 4.84 Å². The molecule has 0 atom stereocenters. The normalized spacial score (nSPS) is 9.43. The summed E-state index contributed by atoms with van der Waals surface area (Å²) >= 11 is 0. The van der Waals surface area contributed by atoms with Crippen molar-refractivity contribution in [3.8, 4) is 0 Å². The molecule has 0 aliphatic rings. The minimum atomic E-state index is 0.764. The van der Waals surface area contributed by atoms with E-state index in [2.05, 4.69) is 12.4 Å². The van der Waals surface area contributed by atoms with Crippen molar-refractivity contribution in [3.05, 3.63) is 6.92 Å². The van der Waals surface area contributed by atoms with Crippen LogP contribution in [0.25, 0.3) is 0 Å². The van der Waals surface area contributed by atoms with Crippen LogP contribution in [-0.4, -0.2) is 13.7 Å². The Kier molecular flexibility index (Phi) is 5.85. The fraction of sp³-hybridized carbons (Fsp3) is 0.800. The van der Waals surface area contributed by atoms with E-state index in [9.17, 15) is 0 Å². The molecule has 0 heterocycles. The van der Waals surface area contributed by atoms with Crippen molar-refractivity contribution in [2.24, 2.45) is 0 Å². The number of rotatable bonds is 4. The van der Waals surface area contributed by atoms with Crippen LogP contribution >= 0.6 is 0 Å². The van der Waals surface area contributed by atoms with Crippen molar-refractivity contribution in [1.82, 2.24) is 5.48 Å². The molecular formula is C5H12NO. The molecule has 0 rings (SSSR count). The summed E-state index contributed by atoms with van der Waals surface area (Å²) in [6, 6.07) is 0. The topological polar surface area (TPSA) is 21.3 Å². The van der Waals surface area contributed by atoms with Gasteiger partial charge in [-0.05, 0) is 6.42 Å². The lowest BCUT2D eigenvalue weighted by Gasteiger charge is -1.95. The summed E-state index contributed by atoms with van der Waals surface area (Å²) in [5.41, 5.74) is 2.57. The maximum Gasteiger partial charge on any atom is 0.0682 e. The molecule has 0 aromatic carbocycles. The van der Waals surface area contributed by atoms with Crippen molar-refractivity contribution >= 4 is 0 Å². The molecule has 0 unspecified atom stereocenters. The third-order valence-corrected chi connectivity index (χ3v) is 0.641. The van der Waals surface area contributed by atoms with Gasteiger partial charge in [-0.25, -0.2) is 5.48 Å². The summed E-state index contributed by atoms with van der Waals surface area (Å²) in [5.74, 6) is 0. The molecular weight excluding hydrogens is 90.1 g/mol. The summed E-state index contributed by atoms with van der Waals surface area (Å²) in [6.45, 7) is 4.41. The quantitative estimate of drug-likeness (QED) is 0.418. The van der Waals surface area contributed by atoms with E-state index in [0.29, 0.717) is 0 Å². The molecule has 2 nitrogen and oxygen atoms in total. The Bertz CT molecular complexity index is 27.3. The van der Waals surface area contributed by atoms with E-state index in [-0.39, 0.29) is 0 Å². The standard InChI is InChI=1S/C5H12NO/c1-3-4-5-7-6-2/h6H,1,3-5H2,2H3. The summed E-state index contributed by atoms with van der Waals surface area (Å²) in [7, 11) is 1.75. The van der Waals surface area contributed by atoms with Gasteiger partial charge in [-0.2, -0.15) is 0 Å². The fourth-order valence-corrected chi connectivity index (χ4v) is 0.276. The van der Waals surface area contributed by atoms with Gasteiger partial charge in [0.1, 0.15) is 0 Å². The van der Waals surface area contributed by atoms with Gasteiger partial charge in [-0.1, -0.05) is 13.3 Å². The van der Waals surface area contributed by atoms with Crippen LogP contribution in [0, 0.1) is 6.92 Å². The zero-order valence-corrected chi connectivity index (χ0v) is 4.74. The smallest absolute Gasteiger partial charge is 0.0682 e. The highest BCUT2D eigenvalue weighted by Crippen LogP contribution is 1.82. The summed E-state index contributed by atoms with van der Waals surface area (Å²) in [4.78, 5) is 4.78. The van der Waals surface area contributed by atoms with Gasteiger partial charge < -0.3 is 4.84 Å². The third-order valence-electron chi connectivity index (χ3n) is 0.641. The Balaban J connectivity index is 2.45. The molecule has 0 saturated heterocycles. The average molecular weight is 102 g/mol. The number of nitrogens with one attached hydrogen (secondary N) is 1. The Morgan fingerprint density at radius 1 is 1.71 bits per heavy atom. The first kappa shape index (κ1) is 6.92. The Morgan fingerprint density at radius 3 is 2.86 bits per heavy atom. The zero-order chi connectivity index (χ0) is 5.54. The predicted molar refractivity (Wildman–Crippen MR) is 29.6 cm³/mol. The molecule has 0 aromatic rings. The van der Waals surface area contributed by atoms with E-state index >= 15 is 0 Å². The molecule has 0 bridgehead atoms. The molecule has 1 N–H and O–H groups in total. The maximum atomic E-state index is 4.78. The van der Waals surface area contributed by atoms with Crippen molar-refractivity contribution in [1.29, 1.82) is 0 Å². The fourth-order valence-electron chi connectivity index (χ4n) is 0.276. The van der Waals surface area contributed by atoms with Crippen LogP contribution in [0.5, 0.6) is 0 Å². The van der Waals surface area contributed by atoms with Crippen molar-refractivity contribution in [2.45, 2.75) is 12.8 Å². The lowest BCUT2D eigenvalue weighted by molar-refractivity contribution is 0.0566. The number of unbranched alkanes of at least 4 members (excludes halogenated alkanes) is 1. The second kappa shape index (κ2) is 5.92. The zero-order valence-electron chi connectivity index (χ0n) is 4.74. The van der Waals surface area contributed by atoms with Gasteiger partial charge in [0.25, 0.3) is 0 Å². The van der Waals surface area contributed by atoms with Gasteiger partial charge in [0.15, 0.2) is 0 Å². The lowest BCUT2D eigenvalue weighted by Crippen LogP contribution is -2.07. The largest absolute Gasteiger partial charge is 0.302 e. The van der Waals surface area contributed by atoms with Gasteiger partial charge in [0.2, 0.25) is 0 Å². The minimum Gasteiger partial charge on any atom is -0.302 e. The molecule has 0 aliphatic carbocycles. The second-order valence-corrected chi connectivity index (χ2v) is 1.26. The van der Waals surface area contributed by atoms with E-state index < -0.39 is 0 Å². The van der Waals surface area contributed by atoms with E-state index in [4.69, 9.17) is 4.84 Å². The predicted octanol–water partition coefficient (Wildman–Crippen LogP) is 0.752. The second-order valence-electron chi connectivity index (χ2n) is 1.26. The molecule has 0 aromatic heterocycles. The van der Waals surface area contributed by atoms with E-state index in [1.54, 1.807) is 7.05 Å². The molecule has 0 spiro atoms. The van der Waals surface area contributed by atoms with Crippen LogP contribution in [0.1, 0.15) is 12.8 Å². The van der Waals surface area contributed by atoms with Crippen LogP contribution in [0.2, 0.25) is 0 Å². The highest BCUT2D eigenvalue weighted by molar-refractivity contribution is 4.36.